The number of ether oxygens (including phenoxy) is 1. The normalized spacial score (nSPS) is 20.3. The third-order valence-corrected chi connectivity index (χ3v) is 4.36. The van der Waals surface area contributed by atoms with Gasteiger partial charge in [0.25, 0.3) is 0 Å². The van der Waals surface area contributed by atoms with Crippen molar-refractivity contribution in [3.63, 3.8) is 0 Å². The van der Waals surface area contributed by atoms with Crippen molar-refractivity contribution in [1.82, 2.24) is 0 Å². The average molecular weight is 331 g/mol. The van der Waals surface area contributed by atoms with Crippen molar-refractivity contribution in [2.24, 2.45) is 11.7 Å². The van der Waals surface area contributed by atoms with Gasteiger partial charge in [0, 0.05) is 12.0 Å². The summed E-state index contributed by atoms with van der Waals surface area (Å²) in [5.41, 5.74) is 6.52. The highest BCUT2D eigenvalue weighted by atomic mass is 35.5. The van der Waals surface area contributed by atoms with Crippen LogP contribution in [-0.2, 0) is 4.79 Å². The lowest BCUT2D eigenvalue weighted by molar-refractivity contribution is -0.119. The van der Waals surface area contributed by atoms with E-state index in [1.54, 1.807) is 18.2 Å². The first-order valence-electron chi connectivity index (χ1n) is 7.71. The number of anilines is 1. The SMILES string of the molecule is NC1CCC(C(=O)Nc2ccccc2Oc2ccccc2Cl)C1. The number of carbonyl (C=O) groups excluding carboxylic acids is 1. The summed E-state index contributed by atoms with van der Waals surface area (Å²) in [5, 5.41) is 3.47. The molecule has 23 heavy (non-hydrogen) atoms. The summed E-state index contributed by atoms with van der Waals surface area (Å²) in [6.45, 7) is 0. The van der Waals surface area contributed by atoms with Crippen molar-refractivity contribution in [3.8, 4) is 11.5 Å². The largest absolute Gasteiger partial charge is 0.454 e. The number of halogens is 1. The van der Waals surface area contributed by atoms with Gasteiger partial charge in [0.2, 0.25) is 5.91 Å². The Hall–Kier alpha value is -2.04. The van der Waals surface area contributed by atoms with Crippen LogP contribution < -0.4 is 15.8 Å². The highest BCUT2D eigenvalue weighted by Crippen LogP contribution is 2.34. The smallest absolute Gasteiger partial charge is 0.227 e. The number of nitrogens with one attached hydrogen (secondary N) is 1. The van der Waals surface area contributed by atoms with Gasteiger partial charge in [0.15, 0.2) is 5.75 Å². The third kappa shape index (κ3) is 3.84. The summed E-state index contributed by atoms with van der Waals surface area (Å²) in [6.07, 6.45) is 2.47. The van der Waals surface area contributed by atoms with Gasteiger partial charge in [0.05, 0.1) is 10.7 Å². The number of hydrogen-bond acceptors (Lipinski definition) is 3. The van der Waals surface area contributed by atoms with Gasteiger partial charge in [-0.15, -0.1) is 0 Å². The van der Waals surface area contributed by atoms with Gasteiger partial charge in [-0.3, -0.25) is 4.79 Å². The summed E-state index contributed by atoms with van der Waals surface area (Å²) in [5.74, 6) is 1.08. The van der Waals surface area contributed by atoms with Crippen molar-refractivity contribution in [3.05, 3.63) is 53.6 Å². The van der Waals surface area contributed by atoms with E-state index in [0.29, 0.717) is 22.2 Å². The summed E-state index contributed by atoms with van der Waals surface area (Å²) in [6, 6.07) is 14.7. The summed E-state index contributed by atoms with van der Waals surface area (Å²) >= 11 is 6.13. The van der Waals surface area contributed by atoms with E-state index in [1.807, 2.05) is 30.3 Å². The molecule has 2 aromatic rings. The minimum Gasteiger partial charge on any atom is -0.454 e. The van der Waals surface area contributed by atoms with Crippen LogP contribution in [0.15, 0.2) is 48.5 Å². The van der Waals surface area contributed by atoms with Crippen LogP contribution in [0.5, 0.6) is 11.5 Å². The molecule has 2 unspecified atom stereocenters. The summed E-state index contributed by atoms with van der Waals surface area (Å²) in [7, 11) is 0. The van der Waals surface area contributed by atoms with Gasteiger partial charge >= 0.3 is 0 Å². The maximum Gasteiger partial charge on any atom is 0.227 e. The Balaban J connectivity index is 1.76. The molecule has 0 aromatic heterocycles. The molecule has 0 heterocycles. The maximum absolute atomic E-state index is 12.4. The van der Waals surface area contributed by atoms with E-state index >= 15 is 0 Å². The monoisotopic (exact) mass is 330 g/mol. The predicted octanol–water partition coefficient (Wildman–Crippen LogP) is 4.20. The van der Waals surface area contributed by atoms with Crippen molar-refractivity contribution in [2.45, 2.75) is 25.3 Å². The lowest BCUT2D eigenvalue weighted by atomic mass is 10.1. The van der Waals surface area contributed by atoms with Crippen molar-refractivity contribution < 1.29 is 9.53 Å². The van der Waals surface area contributed by atoms with Gasteiger partial charge in [-0.25, -0.2) is 0 Å². The van der Waals surface area contributed by atoms with Crippen molar-refractivity contribution in [2.75, 3.05) is 5.32 Å². The molecule has 0 aliphatic heterocycles. The molecule has 1 fully saturated rings. The molecule has 120 valence electrons. The number of nitrogens with two attached hydrogens (primary N) is 1. The van der Waals surface area contributed by atoms with Crippen LogP contribution in [0.3, 0.4) is 0 Å². The lowest BCUT2D eigenvalue weighted by Crippen LogP contribution is -2.23. The van der Waals surface area contributed by atoms with Gasteiger partial charge in [-0.1, -0.05) is 35.9 Å². The highest BCUT2D eigenvalue weighted by Gasteiger charge is 2.28. The maximum atomic E-state index is 12.4. The van der Waals surface area contributed by atoms with Crippen molar-refractivity contribution in [1.29, 1.82) is 0 Å². The first-order valence-corrected chi connectivity index (χ1v) is 8.09. The number of hydrogen-bond donors (Lipinski definition) is 2. The number of benzene rings is 2. The number of para-hydroxylation sites is 3. The minimum absolute atomic E-state index is 0.00633. The Morgan fingerprint density at radius 2 is 1.78 bits per heavy atom. The van der Waals surface area contributed by atoms with Gasteiger partial charge < -0.3 is 15.8 Å². The van der Waals surface area contributed by atoms with Crippen LogP contribution >= 0.6 is 11.6 Å². The molecule has 3 N–H and O–H groups in total. The fourth-order valence-electron chi connectivity index (χ4n) is 2.79. The molecule has 3 rings (SSSR count). The zero-order chi connectivity index (χ0) is 16.2. The van der Waals surface area contributed by atoms with Gasteiger partial charge in [-0.05, 0) is 43.5 Å². The molecule has 1 aliphatic rings. The van der Waals surface area contributed by atoms with E-state index in [9.17, 15) is 4.79 Å². The zero-order valence-corrected chi connectivity index (χ0v) is 13.4. The number of rotatable bonds is 4. The minimum atomic E-state index is -0.0293. The molecule has 5 heteroatoms. The van der Waals surface area contributed by atoms with E-state index < -0.39 is 0 Å². The summed E-state index contributed by atoms with van der Waals surface area (Å²) < 4.78 is 5.85. The van der Waals surface area contributed by atoms with Crippen LogP contribution in [0.2, 0.25) is 5.02 Å². The molecule has 1 saturated carbocycles. The molecule has 0 bridgehead atoms. The Morgan fingerprint density at radius 1 is 1.09 bits per heavy atom. The number of amides is 1. The van der Waals surface area contributed by atoms with E-state index in [-0.39, 0.29) is 17.9 Å². The molecule has 0 spiro atoms. The first-order chi connectivity index (χ1) is 11.1. The van der Waals surface area contributed by atoms with Crippen LogP contribution in [0.4, 0.5) is 5.69 Å². The molecule has 1 amide bonds. The first kappa shape index (κ1) is 15.8. The lowest BCUT2D eigenvalue weighted by Gasteiger charge is -2.15. The molecule has 0 radical (unpaired) electrons. The van der Waals surface area contributed by atoms with E-state index in [2.05, 4.69) is 5.32 Å². The predicted molar refractivity (Wildman–Crippen MR) is 91.9 cm³/mol. The fourth-order valence-corrected chi connectivity index (χ4v) is 2.97. The standard InChI is InChI=1S/C18H19ClN2O2/c19-14-5-1-3-7-16(14)23-17-8-4-2-6-15(17)21-18(22)12-9-10-13(20)11-12/h1-8,12-13H,9-11,20H2,(H,21,22). The van der Waals surface area contributed by atoms with Crippen LogP contribution in [0.1, 0.15) is 19.3 Å². The van der Waals surface area contributed by atoms with E-state index in [4.69, 9.17) is 22.1 Å². The Kier molecular flexibility index (Phi) is 4.84. The van der Waals surface area contributed by atoms with Crippen LogP contribution in [0.25, 0.3) is 0 Å². The quantitative estimate of drug-likeness (QED) is 0.883. The molecule has 1 aliphatic carbocycles. The average Bonchev–Trinajstić information content (AvgIpc) is 2.98. The Bertz CT molecular complexity index is 705. The van der Waals surface area contributed by atoms with E-state index in [0.717, 1.165) is 19.3 Å². The summed E-state index contributed by atoms with van der Waals surface area (Å²) in [4.78, 5) is 12.4. The van der Waals surface area contributed by atoms with Crippen LogP contribution in [0, 0.1) is 5.92 Å². The second-order valence-corrected chi connectivity index (χ2v) is 6.20. The molecular formula is C18H19ClN2O2. The van der Waals surface area contributed by atoms with Crippen molar-refractivity contribution >= 4 is 23.2 Å². The second-order valence-electron chi connectivity index (χ2n) is 5.79. The molecule has 4 nitrogen and oxygen atoms in total. The molecule has 2 aromatic carbocycles. The molecule has 2 atom stereocenters. The second kappa shape index (κ2) is 7.02. The number of carbonyl (C=O) groups is 1. The van der Waals surface area contributed by atoms with Gasteiger partial charge in [-0.2, -0.15) is 0 Å². The van der Waals surface area contributed by atoms with E-state index in [1.165, 1.54) is 0 Å². The van der Waals surface area contributed by atoms with Crippen LogP contribution in [-0.4, -0.2) is 11.9 Å². The topological polar surface area (TPSA) is 64.4 Å². The zero-order valence-electron chi connectivity index (χ0n) is 12.7. The Morgan fingerprint density at radius 3 is 2.48 bits per heavy atom. The fraction of sp³-hybridized carbons (Fsp3) is 0.278. The molecule has 0 saturated heterocycles. The Labute approximate surface area is 140 Å². The highest BCUT2D eigenvalue weighted by molar-refractivity contribution is 6.32. The molecular weight excluding hydrogens is 312 g/mol. The van der Waals surface area contributed by atoms with Gasteiger partial charge in [0.1, 0.15) is 5.75 Å². The third-order valence-electron chi connectivity index (χ3n) is 4.05.